The Morgan fingerprint density at radius 3 is 3.00 bits per heavy atom. The van der Waals surface area contributed by atoms with Crippen molar-refractivity contribution < 1.29 is 9.53 Å². The van der Waals surface area contributed by atoms with Gasteiger partial charge in [0.25, 0.3) is 0 Å². The summed E-state index contributed by atoms with van der Waals surface area (Å²) in [5.74, 6) is -0.233. The van der Waals surface area contributed by atoms with Crippen LogP contribution in [0.1, 0.15) is 43.1 Å². The largest absolute Gasteiger partial charge is 0.461 e. The molecule has 0 spiro atoms. The monoisotopic (exact) mass is 235 g/mol. The molecule has 0 unspecified atom stereocenters. The number of unbranched alkanes of at least 4 members (excludes halogenated alkanes) is 3. The quantitative estimate of drug-likeness (QED) is 0.393. The number of hydrogen-bond donors (Lipinski definition) is 0. The van der Waals surface area contributed by atoms with Gasteiger partial charge in [0, 0.05) is 12.7 Å². The van der Waals surface area contributed by atoms with Gasteiger partial charge >= 0.3 is 5.97 Å². The third-order valence-electron chi connectivity index (χ3n) is 2.62. The summed E-state index contributed by atoms with van der Waals surface area (Å²) in [6.45, 7) is 6.81. The highest BCUT2D eigenvalue weighted by Gasteiger charge is 2.10. The van der Waals surface area contributed by atoms with Gasteiger partial charge in [-0.05, 0) is 38.3 Å². The van der Waals surface area contributed by atoms with Crippen LogP contribution in [-0.4, -0.2) is 17.1 Å². The van der Waals surface area contributed by atoms with E-state index in [9.17, 15) is 4.79 Å². The maximum Gasteiger partial charge on any atom is 0.354 e. The summed E-state index contributed by atoms with van der Waals surface area (Å²) in [6, 6.07) is 3.69. The van der Waals surface area contributed by atoms with E-state index in [-0.39, 0.29) is 5.97 Å². The highest BCUT2D eigenvalue weighted by molar-refractivity contribution is 5.87. The summed E-state index contributed by atoms with van der Waals surface area (Å²) in [4.78, 5) is 11.6. The van der Waals surface area contributed by atoms with E-state index in [1.165, 1.54) is 6.42 Å². The van der Waals surface area contributed by atoms with E-state index in [4.69, 9.17) is 4.74 Å². The number of nitrogens with zero attached hydrogens (tertiary/aromatic N) is 1. The number of allylic oxidation sites excluding steroid dienone is 1. The molecule has 17 heavy (non-hydrogen) atoms. The Balaban J connectivity index is 2.40. The summed E-state index contributed by atoms with van der Waals surface area (Å²) in [5, 5.41) is 0. The van der Waals surface area contributed by atoms with Crippen molar-refractivity contribution in [3.05, 3.63) is 36.7 Å². The average Bonchev–Trinajstić information content (AvgIpc) is 2.77. The molecule has 0 aliphatic heterocycles. The molecule has 1 aromatic heterocycles. The molecule has 0 N–H and O–H groups in total. The van der Waals surface area contributed by atoms with Gasteiger partial charge in [0.05, 0.1) is 6.61 Å². The zero-order valence-electron chi connectivity index (χ0n) is 10.5. The highest BCUT2D eigenvalue weighted by atomic mass is 16.5. The zero-order chi connectivity index (χ0) is 12.5. The molecule has 3 nitrogen and oxygen atoms in total. The molecule has 1 aromatic rings. The van der Waals surface area contributed by atoms with Crippen molar-refractivity contribution in [1.82, 2.24) is 4.57 Å². The van der Waals surface area contributed by atoms with Gasteiger partial charge in [-0.1, -0.05) is 12.5 Å². The topological polar surface area (TPSA) is 31.2 Å². The van der Waals surface area contributed by atoms with Crippen LogP contribution in [0, 0.1) is 0 Å². The summed E-state index contributed by atoms with van der Waals surface area (Å²) in [6.07, 6.45) is 8.34. The molecule has 0 saturated carbocycles. The Bertz CT molecular complexity index is 355. The van der Waals surface area contributed by atoms with Gasteiger partial charge in [-0.25, -0.2) is 4.79 Å². The molecule has 0 saturated heterocycles. The van der Waals surface area contributed by atoms with Crippen LogP contribution >= 0.6 is 0 Å². The molecular weight excluding hydrogens is 214 g/mol. The number of ether oxygens (including phenoxy) is 1. The van der Waals surface area contributed by atoms with Gasteiger partial charge in [0.1, 0.15) is 5.69 Å². The van der Waals surface area contributed by atoms with E-state index in [1.807, 2.05) is 35.9 Å². The van der Waals surface area contributed by atoms with Crippen LogP contribution in [-0.2, 0) is 11.3 Å². The predicted octanol–water partition coefficient (Wildman–Crippen LogP) is 3.41. The predicted molar refractivity (Wildman–Crippen MR) is 69.1 cm³/mol. The first-order chi connectivity index (χ1) is 8.29. The molecule has 0 aliphatic carbocycles. The molecule has 0 amide bonds. The van der Waals surface area contributed by atoms with Gasteiger partial charge in [-0.3, -0.25) is 0 Å². The Morgan fingerprint density at radius 1 is 1.47 bits per heavy atom. The van der Waals surface area contributed by atoms with Crippen molar-refractivity contribution in [3.8, 4) is 0 Å². The molecule has 3 heteroatoms. The Morgan fingerprint density at radius 2 is 2.29 bits per heavy atom. The van der Waals surface area contributed by atoms with Crippen LogP contribution in [0.25, 0.3) is 0 Å². The number of rotatable bonds is 8. The van der Waals surface area contributed by atoms with Gasteiger partial charge in [0.15, 0.2) is 0 Å². The fraction of sp³-hybridized carbons (Fsp3) is 0.500. The first-order valence-electron chi connectivity index (χ1n) is 6.22. The van der Waals surface area contributed by atoms with Crippen molar-refractivity contribution in [2.45, 2.75) is 39.2 Å². The average molecular weight is 235 g/mol. The van der Waals surface area contributed by atoms with Crippen LogP contribution < -0.4 is 0 Å². The van der Waals surface area contributed by atoms with Crippen molar-refractivity contribution >= 4 is 5.97 Å². The third-order valence-corrected chi connectivity index (χ3v) is 2.62. The lowest BCUT2D eigenvalue weighted by Crippen LogP contribution is -2.11. The van der Waals surface area contributed by atoms with E-state index < -0.39 is 0 Å². The lowest BCUT2D eigenvalue weighted by atomic mass is 10.2. The molecule has 0 bridgehead atoms. The Labute approximate surface area is 103 Å². The minimum absolute atomic E-state index is 0.233. The minimum Gasteiger partial charge on any atom is -0.461 e. The van der Waals surface area contributed by atoms with Crippen molar-refractivity contribution in [2.75, 3.05) is 6.61 Å². The van der Waals surface area contributed by atoms with E-state index in [1.54, 1.807) is 0 Å². The first kappa shape index (κ1) is 13.6. The second-order valence-corrected chi connectivity index (χ2v) is 3.95. The van der Waals surface area contributed by atoms with Crippen LogP contribution in [0.15, 0.2) is 31.0 Å². The lowest BCUT2D eigenvalue weighted by molar-refractivity contribution is 0.0513. The van der Waals surface area contributed by atoms with Crippen molar-refractivity contribution in [2.24, 2.45) is 0 Å². The van der Waals surface area contributed by atoms with Gasteiger partial charge in [-0.15, -0.1) is 6.58 Å². The third kappa shape index (κ3) is 4.47. The number of aromatic nitrogens is 1. The normalized spacial score (nSPS) is 10.2. The minimum atomic E-state index is -0.233. The van der Waals surface area contributed by atoms with Crippen LogP contribution in [0.2, 0.25) is 0 Å². The number of carbonyl (C=O) groups excluding carboxylic acids is 1. The van der Waals surface area contributed by atoms with E-state index >= 15 is 0 Å². The molecule has 0 aromatic carbocycles. The molecule has 0 radical (unpaired) electrons. The van der Waals surface area contributed by atoms with E-state index in [0.29, 0.717) is 12.3 Å². The maximum atomic E-state index is 11.6. The molecule has 1 rings (SSSR count). The number of hydrogen-bond acceptors (Lipinski definition) is 2. The molecule has 0 fully saturated rings. The summed E-state index contributed by atoms with van der Waals surface area (Å²) in [5.41, 5.74) is 0.649. The van der Waals surface area contributed by atoms with Crippen LogP contribution in [0.3, 0.4) is 0 Å². The summed E-state index contributed by atoms with van der Waals surface area (Å²) >= 11 is 0. The van der Waals surface area contributed by atoms with Crippen LogP contribution in [0.4, 0.5) is 0 Å². The number of carbonyl (C=O) groups is 1. The molecule has 0 atom stereocenters. The fourth-order valence-electron chi connectivity index (χ4n) is 1.75. The zero-order valence-corrected chi connectivity index (χ0v) is 10.5. The van der Waals surface area contributed by atoms with Gasteiger partial charge in [-0.2, -0.15) is 0 Å². The standard InChI is InChI=1S/C14H21NO2/c1-3-5-6-7-8-11-15-12-9-10-13(15)14(16)17-4-2/h3,9-10,12H,1,4-8,11H2,2H3. The molecular formula is C14H21NO2. The smallest absolute Gasteiger partial charge is 0.354 e. The molecule has 94 valence electrons. The van der Waals surface area contributed by atoms with Crippen LogP contribution in [0.5, 0.6) is 0 Å². The van der Waals surface area contributed by atoms with Crippen molar-refractivity contribution in [1.29, 1.82) is 0 Å². The number of esters is 1. The SMILES string of the molecule is C=CCCCCCn1cccc1C(=O)OCC. The Kier molecular flexibility index (Phi) is 6.15. The maximum absolute atomic E-state index is 11.6. The van der Waals surface area contributed by atoms with Gasteiger partial charge < -0.3 is 9.30 Å². The second kappa shape index (κ2) is 7.71. The summed E-state index contributed by atoms with van der Waals surface area (Å²) < 4.78 is 6.96. The van der Waals surface area contributed by atoms with E-state index in [2.05, 4.69) is 6.58 Å². The van der Waals surface area contributed by atoms with E-state index in [0.717, 1.165) is 25.8 Å². The Hall–Kier alpha value is -1.51. The fourth-order valence-corrected chi connectivity index (χ4v) is 1.75. The second-order valence-electron chi connectivity index (χ2n) is 3.95. The van der Waals surface area contributed by atoms with Gasteiger partial charge in [0.2, 0.25) is 0 Å². The van der Waals surface area contributed by atoms with Crippen molar-refractivity contribution in [3.63, 3.8) is 0 Å². The number of aryl methyl sites for hydroxylation is 1. The summed E-state index contributed by atoms with van der Waals surface area (Å²) in [7, 11) is 0. The molecule has 0 aliphatic rings. The first-order valence-corrected chi connectivity index (χ1v) is 6.22. The highest BCUT2D eigenvalue weighted by Crippen LogP contribution is 2.08. The lowest BCUT2D eigenvalue weighted by Gasteiger charge is -2.08. The molecule has 1 heterocycles.